The van der Waals surface area contributed by atoms with Crippen LogP contribution in [0.25, 0.3) is 0 Å². The summed E-state index contributed by atoms with van der Waals surface area (Å²) >= 11 is 15.5. The normalized spacial score (nSPS) is 11.3. The molecule has 1 nitrogen and oxygen atoms in total. The fourth-order valence-electron chi connectivity index (χ4n) is 0. The lowest BCUT2D eigenvalue weighted by atomic mass is 10.6. The summed E-state index contributed by atoms with van der Waals surface area (Å²) < 4.78 is -1.50. The number of rotatable bonds is 0. The van der Waals surface area contributed by atoms with Crippen LogP contribution in [-0.2, 0) is 0 Å². The molecule has 0 aliphatic rings. The van der Waals surface area contributed by atoms with Crippen LogP contribution in [-0.4, -0.2) is 3.79 Å². The van der Waals surface area contributed by atoms with Crippen LogP contribution in [0.15, 0.2) is 12.3 Å². The minimum atomic E-state index is -1.50. The van der Waals surface area contributed by atoms with Crippen molar-refractivity contribution >= 4 is 34.8 Å². The van der Waals surface area contributed by atoms with Gasteiger partial charge < -0.3 is 5.73 Å². The maximum absolute atomic E-state index is 5.17. The van der Waals surface area contributed by atoms with Crippen LogP contribution in [0.1, 0.15) is 0 Å². The molecule has 0 aromatic heterocycles. The number of alkyl halides is 3. The van der Waals surface area contributed by atoms with E-state index in [0.29, 0.717) is 0 Å². The average molecular weight is 160 g/mol. The lowest BCUT2D eigenvalue weighted by molar-refractivity contribution is 1.21. The summed E-state index contributed by atoms with van der Waals surface area (Å²) in [6.45, 7) is 3.21. The second kappa shape index (κ2) is 2.12. The lowest BCUT2D eigenvalue weighted by Gasteiger charge is -2.07. The van der Waals surface area contributed by atoms with E-state index in [0.717, 1.165) is 0 Å². The average Bonchev–Trinajstić information content (AvgIpc) is 1.31. The van der Waals surface area contributed by atoms with Crippen molar-refractivity contribution in [2.45, 2.75) is 3.79 Å². The van der Waals surface area contributed by atoms with Gasteiger partial charge in [-0.3, -0.25) is 0 Å². The molecule has 0 saturated carbocycles. The largest absolute Gasteiger partial charge is 0.399 e. The second-order valence-electron chi connectivity index (χ2n) is 1.02. The second-order valence-corrected chi connectivity index (χ2v) is 3.30. The Bertz CT molecular complexity index is 82.7. The SMILES string of the molecule is C=C(N)C(Cl)(Cl)Cl. The summed E-state index contributed by atoms with van der Waals surface area (Å²) in [5, 5.41) is 0. The molecule has 0 spiro atoms. The number of nitrogens with two attached hydrogens (primary N) is 1. The van der Waals surface area contributed by atoms with Crippen molar-refractivity contribution in [3.63, 3.8) is 0 Å². The van der Waals surface area contributed by atoms with Gasteiger partial charge in [-0.15, -0.1) is 0 Å². The molecule has 2 N–H and O–H groups in total. The standard InChI is InChI=1S/C3H4Cl3N/c1-2(7)3(4,5)6/h1,7H2. The molecular formula is C3H4Cl3N. The topological polar surface area (TPSA) is 26.0 Å². The number of allylic oxidation sites excluding steroid dienone is 1. The summed E-state index contributed by atoms with van der Waals surface area (Å²) in [7, 11) is 0. The third kappa shape index (κ3) is 3.03. The van der Waals surface area contributed by atoms with Gasteiger partial charge in [-0.1, -0.05) is 41.4 Å². The number of halogens is 3. The van der Waals surface area contributed by atoms with E-state index in [-0.39, 0.29) is 5.70 Å². The molecule has 0 radical (unpaired) electrons. The van der Waals surface area contributed by atoms with Crippen molar-refractivity contribution < 1.29 is 0 Å². The van der Waals surface area contributed by atoms with Gasteiger partial charge in [0.05, 0.1) is 5.70 Å². The molecule has 0 fully saturated rings. The van der Waals surface area contributed by atoms with Crippen molar-refractivity contribution in [1.29, 1.82) is 0 Å². The zero-order valence-electron chi connectivity index (χ0n) is 3.42. The molecule has 0 heterocycles. The molecule has 0 aliphatic heterocycles. The summed E-state index contributed by atoms with van der Waals surface area (Å²) in [5.41, 5.74) is 5.02. The highest BCUT2D eigenvalue weighted by molar-refractivity contribution is 6.69. The molecular weight excluding hydrogens is 156 g/mol. The minimum absolute atomic E-state index is 0.0394. The molecule has 0 aliphatic carbocycles. The van der Waals surface area contributed by atoms with Gasteiger partial charge in [0.1, 0.15) is 0 Å². The van der Waals surface area contributed by atoms with Crippen molar-refractivity contribution in [3.05, 3.63) is 12.3 Å². The first-order valence-electron chi connectivity index (χ1n) is 1.46. The van der Waals surface area contributed by atoms with Crippen LogP contribution < -0.4 is 5.73 Å². The Morgan fingerprint density at radius 1 is 1.43 bits per heavy atom. The minimum Gasteiger partial charge on any atom is -0.399 e. The Morgan fingerprint density at radius 2 is 1.57 bits per heavy atom. The molecule has 0 atom stereocenters. The van der Waals surface area contributed by atoms with Crippen molar-refractivity contribution in [2.24, 2.45) is 5.73 Å². The Kier molecular flexibility index (Phi) is 2.24. The summed E-state index contributed by atoms with van der Waals surface area (Å²) in [4.78, 5) is 0. The van der Waals surface area contributed by atoms with Crippen LogP contribution in [0, 0.1) is 0 Å². The predicted octanol–water partition coefficient (Wildman–Crippen LogP) is 1.83. The zero-order chi connectivity index (χ0) is 6.08. The molecule has 0 aromatic carbocycles. The van der Waals surface area contributed by atoms with Crippen molar-refractivity contribution in [3.8, 4) is 0 Å². The quantitative estimate of drug-likeness (QED) is 0.538. The van der Waals surface area contributed by atoms with E-state index < -0.39 is 3.79 Å². The number of hydrogen-bond donors (Lipinski definition) is 1. The fraction of sp³-hybridized carbons (Fsp3) is 0.333. The van der Waals surface area contributed by atoms with Gasteiger partial charge in [0.2, 0.25) is 3.79 Å². The highest BCUT2D eigenvalue weighted by Gasteiger charge is 2.20. The van der Waals surface area contributed by atoms with Crippen LogP contribution >= 0.6 is 34.8 Å². The molecule has 42 valence electrons. The van der Waals surface area contributed by atoms with Crippen LogP contribution in [0.4, 0.5) is 0 Å². The van der Waals surface area contributed by atoms with Crippen molar-refractivity contribution in [2.75, 3.05) is 0 Å². The highest BCUT2D eigenvalue weighted by Crippen LogP contribution is 2.29. The first-order chi connectivity index (χ1) is 2.94. The van der Waals surface area contributed by atoms with Gasteiger partial charge in [0.15, 0.2) is 0 Å². The Balaban J connectivity index is 3.79. The van der Waals surface area contributed by atoms with Crippen molar-refractivity contribution in [1.82, 2.24) is 0 Å². The van der Waals surface area contributed by atoms with Crippen LogP contribution in [0.3, 0.4) is 0 Å². The maximum Gasteiger partial charge on any atom is 0.229 e. The van der Waals surface area contributed by atoms with E-state index in [2.05, 4.69) is 6.58 Å². The third-order valence-electron chi connectivity index (χ3n) is 0.364. The first kappa shape index (κ1) is 7.41. The molecule has 0 amide bonds. The third-order valence-corrected chi connectivity index (χ3v) is 1.09. The number of hydrogen-bond acceptors (Lipinski definition) is 1. The predicted molar refractivity (Wildman–Crippen MR) is 33.6 cm³/mol. The van der Waals surface area contributed by atoms with E-state index >= 15 is 0 Å². The van der Waals surface area contributed by atoms with E-state index in [9.17, 15) is 0 Å². The Labute approximate surface area is 57.0 Å². The lowest BCUT2D eigenvalue weighted by Crippen LogP contribution is -2.13. The van der Waals surface area contributed by atoms with E-state index in [1.807, 2.05) is 0 Å². The zero-order valence-corrected chi connectivity index (χ0v) is 5.69. The molecule has 4 heteroatoms. The summed E-state index contributed by atoms with van der Waals surface area (Å²) in [5.74, 6) is 0. The maximum atomic E-state index is 5.17. The van der Waals surface area contributed by atoms with Crippen LogP contribution in [0.5, 0.6) is 0 Å². The van der Waals surface area contributed by atoms with Gasteiger partial charge >= 0.3 is 0 Å². The van der Waals surface area contributed by atoms with Crippen LogP contribution in [0.2, 0.25) is 0 Å². The molecule has 0 unspecified atom stereocenters. The molecule has 0 saturated heterocycles. The van der Waals surface area contributed by atoms with Gasteiger partial charge in [-0.25, -0.2) is 0 Å². The van der Waals surface area contributed by atoms with E-state index in [1.54, 1.807) is 0 Å². The Morgan fingerprint density at radius 3 is 1.57 bits per heavy atom. The van der Waals surface area contributed by atoms with E-state index in [4.69, 9.17) is 40.5 Å². The van der Waals surface area contributed by atoms with Gasteiger partial charge in [0, 0.05) is 0 Å². The van der Waals surface area contributed by atoms with Gasteiger partial charge in [0.25, 0.3) is 0 Å². The Hall–Kier alpha value is 0.410. The van der Waals surface area contributed by atoms with Gasteiger partial charge in [-0.05, 0) is 0 Å². The molecule has 0 bridgehead atoms. The molecule has 0 aromatic rings. The highest BCUT2D eigenvalue weighted by atomic mass is 35.6. The monoisotopic (exact) mass is 159 g/mol. The smallest absolute Gasteiger partial charge is 0.229 e. The molecule has 7 heavy (non-hydrogen) atoms. The molecule has 0 rings (SSSR count). The van der Waals surface area contributed by atoms with Gasteiger partial charge in [-0.2, -0.15) is 0 Å². The summed E-state index contributed by atoms with van der Waals surface area (Å²) in [6.07, 6.45) is 0. The van der Waals surface area contributed by atoms with E-state index in [1.165, 1.54) is 0 Å². The fourth-order valence-corrected chi connectivity index (χ4v) is 0. The first-order valence-corrected chi connectivity index (χ1v) is 2.59. The summed E-state index contributed by atoms with van der Waals surface area (Å²) in [6, 6.07) is 0.